The first kappa shape index (κ1) is 17.4. The van der Waals surface area contributed by atoms with E-state index < -0.39 is 29.7 Å². The summed E-state index contributed by atoms with van der Waals surface area (Å²) in [4.78, 5) is 7.64. The molecule has 0 amide bonds. The molecule has 2 aromatic rings. The Morgan fingerprint density at radius 1 is 1.21 bits per heavy atom. The van der Waals surface area contributed by atoms with Crippen LogP contribution in [0.1, 0.15) is 0 Å². The number of hydrogen-bond acceptors (Lipinski definition) is 7. The molecule has 6 nitrogen and oxygen atoms in total. The molecule has 9 heteroatoms. The standard InChI is InChI=1S/C15H14ClFN2O4S/c16-13-10(23-15-12(22)11(21)9(20)6-24-15)4-3-8(19-13)7-2-1-5-18-14(7)17/h1-5,9,11-12,15,20-22H,6H2/t9-,11+,12-,15-/m1/s1. The summed E-state index contributed by atoms with van der Waals surface area (Å²) < 4.78 is 19.3. The SMILES string of the molecule is O[C@@H]1[C@@H](O)[C@H](Oc2ccc(-c3cccnc3F)nc2Cl)SC[C@H]1O. The highest BCUT2D eigenvalue weighted by Crippen LogP contribution is 2.33. The van der Waals surface area contributed by atoms with Crippen molar-refractivity contribution in [2.75, 3.05) is 5.75 Å². The molecule has 3 rings (SSSR count). The molecule has 24 heavy (non-hydrogen) atoms. The Bertz CT molecular complexity index is 738. The number of aliphatic hydroxyl groups is 3. The molecule has 1 fully saturated rings. The van der Waals surface area contributed by atoms with Crippen molar-refractivity contribution in [3.05, 3.63) is 41.6 Å². The quantitative estimate of drug-likeness (QED) is 0.702. The van der Waals surface area contributed by atoms with Gasteiger partial charge in [0, 0.05) is 11.9 Å². The minimum Gasteiger partial charge on any atom is -0.474 e. The Balaban J connectivity index is 1.80. The second-order valence-electron chi connectivity index (χ2n) is 5.20. The molecule has 0 aliphatic carbocycles. The lowest BCUT2D eigenvalue weighted by molar-refractivity contribution is -0.0786. The molecule has 1 aliphatic heterocycles. The zero-order valence-electron chi connectivity index (χ0n) is 12.2. The van der Waals surface area contributed by atoms with Gasteiger partial charge in [0.25, 0.3) is 0 Å². The van der Waals surface area contributed by atoms with Gasteiger partial charge in [-0.25, -0.2) is 9.97 Å². The van der Waals surface area contributed by atoms with E-state index in [4.69, 9.17) is 16.3 Å². The molecule has 128 valence electrons. The number of nitrogens with zero attached hydrogens (tertiary/aromatic N) is 2. The van der Waals surface area contributed by atoms with Crippen molar-refractivity contribution in [3.63, 3.8) is 0 Å². The number of thioether (sulfide) groups is 1. The summed E-state index contributed by atoms with van der Waals surface area (Å²) >= 11 is 7.23. The van der Waals surface area contributed by atoms with E-state index in [9.17, 15) is 19.7 Å². The summed E-state index contributed by atoms with van der Waals surface area (Å²) in [5.41, 5.74) is -0.300. The van der Waals surface area contributed by atoms with Crippen molar-refractivity contribution in [3.8, 4) is 17.0 Å². The predicted molar refractivity (Wildman–Crippen MR) is 87.3 cm³/mol. The van der Waals surface area contributed by atoms with Gasteiger partial charge in [0.15, 0.2) is 16.3 Å². The molecule has 3 N–H and O–H groups in total. The fourth-order valence-corrected chi connectivity index (χ4v) is 3.56. The van der Waals surface area contributed by atoms with Crippen LogP contribution in [0, 0.1) is 5.95 Å². The monoisotopic (exact) mass is 372 g/mol. The van der Waals surface area contributed by atoms with E-state index in [0.29, 0.717) is 5.69 Å². The first-order valence-electron chi connectivity index (χ1n) is 7.07. The third-order valence-corrected chi connectivity index (χ3v) is 5.06. The Labute approximate surface area is 146 Å². The zero-order chi connectivity index (χ0) is 17.3. The van der Waals surface area contributed by atoms with Crippen molar-refractivity contribution in [1.29, 1.82) is 0 Å². The molecule has 0 aromatic carbocycles. The van der Waals surface area contributed by atoms with Crippen molar-refractivity contribution < 1.29 is 24.4 Å². The van der Waals surface area contributed by atoms with Crippen LogP contribution in [-0.2, 0) is 0 Å². The average molecular weight is 373 g/mol. The lowest BCUT2D eigenvalue weighted by atomic mass is 10.1. The van der Waals surface area contributed by atoms with Crippen molar-refractivity contribution in [2.45, 2.75) is 23.7 Å². The van der Waals surface area contributed by atoms with Gasteiger partial charge in [-0.05, 0) is 24.3 Å². The predicted octanol–water partition coefficient (Wildman–Crippen LogP) is 1.47. The van der Waals surface area contributed by atoms with Crippen LogP contribution in [0.25, 0.3) is 11.3 Å². The molecule has 0 spiro atoms. The van der Waals surface area contributed by atoms with Crippen LogP contribution in [-0.4, -0.2) is 54.8 Å². The van der Waals surface area contributed by atoms with E-state index in [2.05, 4.69) is 9.97 Å². The zero-order valence-corrected chi connectivity index (χ0v) is 13.8. The molecule has 2 aromatic heterocycles. The molecule has 0 unspecified atom stereocenters. The minimum atomic E-state index is -1.30. The van der Waals surface area contributed by atoms with Gasteiger partial charge in [-0.15, -0.1) is 11.8 Å². The topological polar surface area (TPSA) is 95.7 Å². The highest BCUT2D eigenvalue weighted by molar-refractivity contribution is 7.99. The maximum absolute atomic E-state index is 13.7. The first-order valence-corrected chi connectivity index (χ1v) is 8.50. The third-order valence-electron chi connectivity index (χ3n) is 3.55. The van der Waals surface area contributed by atoms with Crippen LogP contribution in [0.4, 0.5) is 4.39 Å². The normalized spacial score (nSPS) is 27.0. The summed E-state index contributed by atoms with van der Waals surface area (Å²) in [6.45, 7) is 0. The fourth-order valence-electron chi connectivity index (χ4n) is 2.24. The summed E-state index contributed by atoms with van der Waals surface area (Å²) in [5.74, 6) is -0.262. The van der Waals surface area contributed by atoms with Gasteiger partial charge in [-0.3, -0.25) is 0 Å². The smallest absolute Gasteiger partial charge is 0.222 e. The third kappa shape index (κ3) is 3.47. The fraction of sp³-hybridized carbons (Fsp3) is 0.333. The van der Waals surface area contributed by atoms with Crippen LogP contribution in [0.5, 0.6) is 5.75 Å². The van der Waals surface area contributed by atoms with Gasteiger partial charge >= 0.3 is 0 Å². The van der Waals surface area contributed by atoms with E-state index in [1.165, 1.54) is 24.4 Å². The van der Waals surface area contributed by atoms with Gasteiger partial charge in [0.2, 0.25) is 5.95 Å². The number of aliphatic hydroxyl groups excluding tert-OH is 3. The van der Waals surface area contributed by atoms with Crippen LogP contribution < -0.4 is 4.74 Å². The Kier molecular flexibility index (Phi) is 5.21. The van der Waals surface area contributed by atoms with Crippen LogP contribution >= 0.6 is 23.4 Å². The number of ether oxygens (including phenoxy) is 1. The Morgan fingerprint density at radius 2 is 2.00 bits per heavy atom. The molecule has 1 aliphatic rings. The summed E-state index contributed by atoms with van der Waals surface area (Å²) in [6, 6.07) is 6.13. The average Bonchev–Trinajstić information content (AvgIpc) is 2.57. The maximum Gasteiger partial charge on any atom is 0.222 e. The van der Waals surface area contributed by atoms with E-state index in [0.717, 1.165) is 11.8 Å². The lowest BCUT2D eigenvalue weighted by Crippen LogP contribution is -2.50. The van der Waals surface area contributed by atoms with E-state index in [1.807, 2.05) is 0 Å². The van der Waals surface area contributed by atoms with Gasteiger partial charge in [-0.2, -0.15) is 4.39 Å². The molecular formula is C15H14ClFN2O4S. The van der Waals surface area contributed by atoms with Gasteiger partial charge in [0.05, 0.1) is 17.4 Å². The molecule has 0 bridgehead atoms. The van der Waals surface area contributed by atoms with Crippen LogP contribution in [0.3, 0.4) is 0 Å². The molecular weight excluding hydrogens is 359 g/mol. The number of hydrogen-bond donors (Lipinski definition) is 3. The number of rotatable bonds is 3. The van der Waals surface area contributed by atoms with Crippen molar-refractivity contribution >= 4 is 23.4 Å². The summed E-state index contributed by atoms with van der Waals surface area (Å²) in [5, 5.41) is 29.1. The van der Waals surface area contributed by atoms with E-state index in [1.54, 1.807) is 6.07 Å². The highest BCUT2D eigenvalue weighted by atomic mass is 35.5. The largest absolute Gasteiger partial charge is 0.474 e. The van der Waals surface area contributed by atoms with Crippen molar-refractivity contribution in [2.24, 2.45) is 0 Å². The van der Waals surface area contributed by atoms with E-state index >= 15 is 0 Å². The second kappa shape index (κ2) is 7.20. The van der Waals surface area contributed by atoms with Crippen LogP contribution in [0.15, 0.2) is 30.5 Å². The lowest BCUT2D eigenvalue weighted by Gasteiger charge is -2.34. The maximum atomic E-state index is 13.7. The Morgan fingerprint density at radius 3 is 2.71 bits per heavy atom. The molecule has 4 atom stereocenters. The highest BCUT2D eigenvalue weighted by Gasteiger charge is 2.38. The number of halogens is 2. The number of aromatic nitrogens is 2. The second-order valence-corrected chi connectivity index (χ2v) is 6.68. The molecule has 1 saturated heterocycles. The van der Waals surface area contributed by atoms with Crippen molar-refractivity contribution in [1.82, 2.24) is 9.97 Å². The first-order chi connectivity index (χ1) is 11.5. The molecule has 0 radical (unpaired) electrons. The van der Waals surface area contributed by atoms with Crippen LogP contribution in [0.2, 0.25) is 5.15 Å². The summed E-state index contributed by atoms with van der Waals surface area (Å²) in [6.07, 6.45) is -2.26. The van der Waals surface area contributed by atoms with Gasteiger partial charge in [-0.1, -0.05) is 11.6 Å². The number of pyridine rings is 2. The molecule has 3 heterocycles. The van der Waals surface area contributed by atoms with E-state index in [-0.39, 0.29) is 22.2 Å². The Hall–Kier alpha value is -1.45. The minimum absolute atomic E-state index is 0.0100. The van der Waals surface area contributed by atoms with Gasteiger partial charge in [0.1, 0.15) is 12.2 Å². The summed E-state index contributed by atoms with van der Waals surface area (Å²) in [7, 11) is 0. The molecule has 0 saturated carbocycles. The van der Waals surface area contributed by atoms with Gasteiger partial charge < -0.3 is 20.1 Å².